The lowest BCUT2D eigenvalue weighted by atomic mass is 10.1. The predicted octanol–water partition coefficient (Wildman–Crippen LogP) is 2.18. The first-order valence-corrected chi connectivity index (χ1v) is 9.61. The van der Waals surface area contributed by atoms with E-state index < -0.39 is 18.0 Å². The molecular formula is C21H24N2O10. The van der Waals surface area contributed by atoms with Crippen LogP contribution in [-0.4, -0.2) is 57.6 Å². The minimum atomic E-state index is -1.04. The molecule has 0 aliphatic heterocycles. The molecule has 0 saturated heterocycles. The Bertz CT molecular complexity index is 980. The first-order chi connectivity index (χ1) is 16.0. The Balaban J connectivity index is 1.90. The van der Waals surface area contributed by atoms with Crippen molar-refractivity contribution in [3.63, 3.8) is 0 Å². The van der Waals surface area contributed by atoms with Gasteiger partial charge in [-0.15, -0.1) is 0 Å². The number of methoxy groups -OCH3 is 2. The number of benzene rings is 2. The third-order valence-electron chi connectivity index (χ3n) is 4.20. The number of para-hydroxylation sites is 2. The number of rotatable bonds is 11. The van der Waals surface area contributed by atoms with Crippen LogP contribution in [0.2, 0.25) is 0 Å². The summed E-state index contributed by atoms with van der Waals surface area (Å²) >= 11 is 0. The van der Waals surface area contributed by atoms with Crippen molar-refractivity contribution in [3.8, 4) is 23.0 Å². The molecule has 2 aromatic rings. The van der Waals surface area contributed by atoms with E-state index in [0.29, 0.717) is 6.42 Å². The lowest BCUT2D eigenvalue weighted by Gasteiger charge is -2.13. The van der Waals surface area contributed by atoms with Crippen molar-refractivity contribution in [2.75, 3.05) is 34.4 Å². The molecule has 0 radical (unpaired) electrons. The maximum Gasteiger partial charge on any atom is 0.513 e. The normalized spacial score (nSPS) is 10.1. The largest absolute Gasteiger partial charge is 0.513 e. The van der Waals surface area contributed by atoms with Crippen molar-refractivity contribution < 1.29 is 48.5 Å². The molecule has 0 fully saturated rings. The summed E-state index contributed by atoms with van der Waals surface area (Å²) in [4.78, 5) is 50.0. The van der Waals surface area contributed by atoms with Crippen molar-refractivity contribution >= 4 is 18.0 Å². The lowest BCUT2D eigenvalue weighted by molar-refractivity contribution is -0.179. The van der Waals surface area contributed by atoms with E-state index in [-0.39, 0.29) is 47.2 Å². The number of ether oxygens (including phenoxy) is 3. The summed E-state index contributed by atoms with van der Waals surface area (Å²) in [6.45, 7) is 0.433. The van der Waals surface area contributed by atoms with Crippen LogP contribution in [0.4, 0.5) is 4.79 Å². The maximum atomic E-state index is 12.5. The fourth-order valence-electron chi connectivity index (χ4n) is 2.74. The van der Waals surface area contributed by atoms with Gasteiger partial charge in [0.2, 0.25) is 11.5 Å². The number of hydrogen-bond donors (Lipinski definition) is 3. The molecule has 0 heterocycles. The quantitative estimate of drug-likeness (QED) is 0.148. The first kappa shape index (κ1) is 25.2. The van der Waals surface area contributed by atoms with Crippen LogP contribution in [0.15, 0.2) is 36.4 Å². The number of nitrogens with one attached hydrogen (secondary N) is 2. The van der Waals surface area contributed by atoms with Gasteiger partial charge in [0.1, 0.15) is 0 Å². The molecule has 12 nitrogen and oxygen atoms in total. The summed E-state index contributed by atoms with van der Waals surface area (Å²) in [5.74, 6) is -1.07. The molecule has 3 N–H and O–H groups in total. The minimum absolute atomic E-state index is 0.0670. The molecule has 0 aromatic heterocycles. The standard InChI is InChI=1S/C21H24N2O10/c1-28-17-13(7-5-10-16(17)33-30-3)19(24)22-11-6-12-23-20(25)14-8-4-9-15(18(14)32-27)31-21(26)29-2/h4-5,7-10,27H,6,11-12H2,1-3H3,(H,22,24)(H,23,25). The average molecular weight is 464 g/mol. The highest BCUT2D eigenvalue weighted by Gasteiger charge is 2.20. The van der Waals surface area contributed by atoms with Gasteiger partial charge in [-0.3, -0.25) is 9.59 Å². The Hall–Kier alpha value is -4.03. The molecule has 0 atom stereocenters. The van der Waals surface area contributed by atoms with Gasteiger partial charge < -0.3 is 34.6 Å². The minimum Gasteiger partial charge on any atom is -0.492 e. The third-order valence-corrected chi connectivity index (χ3v) is 4.20. The van der Waals surface area contributed by atoms with E-state index in [2.05, 4.69) is 25.1 Å². The molecular weight excluding hydrogens is 440 g/mol. The molecule has 0 aliphatic carbocycles. The summed E-state index contributed by atoms with van der Waals surface area (Å²) in [5.41, 5.74) is 0.186. The second kappa shape index (κ2) is 12.7. The smallest absolute Gasteiger partial charge is 0.492 e. The van der Waals surface area contributed by atoms with E-state index in [0.717, 1.165) is 7.11 Å². The molecule has 0 bridgehead atoms. The van der Waals surface area contributed by atoms with E-state index in [1.165, 1.54) is 32.4 Å². The highest BCUT2D eigenvalue weighted by atomic mass is 17.2. The maximum absolute atomic E-state index is 12.5. The number of amides is 2. The van der Waals surface area contributed by atoms with Crippen LogP contribution < -0.4 is 29.9 Å². The van der Waals surface area contributed by atoms with Gasteiger partial charge in [0, 0.05) is 13.1 Å². The Kier molecular flexibility index (Phi) is 9.74. The summed E-state index contributed by atoms with van der Waals surface area (Å²) in [5, 5.41) is 14.5. The predicted molar refractivity (Wildman–Crippen MR) is 113 cm³/mol. The van der Waals surface area contributed by atoms with Crippen LogP contribution in [0.25, 0.3) is 0 Å². The van der Waals surface area contributed by atoms with Gasteiger partial charge in [0.15, 0.2) is 11.5 Å². The summed E-state index contributed by atoms with van der Waals surface area (Å²) in [6.07, 6.45) is -0.653. The molecule has 33 heavy (non-hydrogen) atoms. The number of carbonyl (C=O) groups excluding carboxylic acids is 3. The molecule has 2 amide bonds. The molecule has 2 rings (SSSR count). The summed E-state index contributed by atoms with van der Waals surface area (Å²) < 4.78 is 14.4. The van der Waals surface area contributed by atoms with E-state index in [1.807, 2.05) is 0 Å². The zero-order valence-electron chi connectivity index (χ0n) is 18.2. The van der Waals surface area contributed by atoms with Crippen molar-refractivity contribution in [2.45, 2.75) is 6.42 Å². The van der Waals surface area contributed by atoms with Gasteiger partial charge in [-0.2, -0.15) is 4.89 Å². The topological polar surface area (TPSA) is 151 Å². The monoisotopic (exact) mass is 464 g/mol. The van der Waals surface area contributed by atoms with E-state index in [9.17, 15) is 14.4 Å². The Morgan fingerprint density at radius 2 is 1.42 bits per heavy atom. The number of carbonyl (C=O) groups is 3. The van der Waals surface area contributed by atoms with Crippen LogP contribution in [0.3, 0.4) is 0 Å². The van der Waals surface area contributed by atoms with Crippen LogP contribution in [0, 0.1) is 0 Å². The van der Waals surface area contributed by atoms with Crippen molar-refractivity contribution in [1.29, 1.82) is 0 Å². The van der Waals surface area contributed by atoms with Gasteiger partial charge in [-0.25, -0.2) is 10.1 Å². The van der Waals surface area contributed by atoms with Gasteiger partial charge >= 0.3 is 6.16 Å². The highest BCUT2D eigenvalue weighted by molar-refractivity contribution is 5.98. The Labute approximate surface area is 189 Å². The third kappa shape index (κ3) is 6.72. The fourth-order valence-corrected chi connectivity index (χ4v) is 2.74. The van der Waals surface area contributed by atoms with Crippen LogP contribution in [-0.2, 0) is 9.62 Å². The van der Waals surface area contributed by atoms with Crippen molar-refractivity contribution in [1.82, 2.24) is 10.6 Å². The average Bonchev–Trinajstić information content (AvgIpc) is 2.83. The summed E-state index contributed by atoms with van der Waals surface area (Å²) in [6, 6.07) is 8.89. The SMILES string of the molecule is COOc1cccc(C(=O)NCCCNC(=O)c2cccc(OC(=O)OC)c2OO)c1OC. The zero-order chi connectivity index (χ0) is 24.2. The van der Waals surface area contributed by atoms with E-state index >= 15 is 0 Å². The molecule has 0 aliphatic rings. The summed E-state index contributed by atoms with van der Waals surface area (Å²) in [7, 11) is 3.84. The molecule has 0 spiro atoms. The van der Waals surface area contributed by atoms with Gasteiger partial charge in [-0.1, -0.05) is 12.1 Å². The molecule has 12 heteroatoms. The van der Waals surface area contributed by atoms with Gasteiger partial charge in [0.25, 0.3) is 11.8 Å². The van der Waals surface area contributed by atoms with Crippen LogP contribution in [0.1, 0.15) is 27.1 Å². The molecule has 0 unspecified atom stereocenters. The van der Waals surface area contributed by atoms with Crippen LogP contribution in [0.5, 0.6) is 23.0 Å². The van der Waals surface area contributed by atoms with Crippen LogP contribution >= 0.6 is 0 Å². The second-order valence-electron chi connectivity index (χ2n) is 6.23. The fraction of sp³-hybridized carbons (Fsp3) is 0.286. The van der Waals surface area contributed by atoms with Crippen molar-refractivity contribution in [3.05, 3.63) is 47.5 Å². The molecule has 2 aromatic carbocycles. The van der Waals surface area contributed by atoms with Crippen molar-refractivity contribution in [2.24, 2.45) is 0 Å². The lowest BCUT2D eigenvalue weighted by Crippen LogP contribution is -2.30. The Morgan fingerprint density at radius 1 is 0.848 bits per heavy atom. The second-order valence-corrected chi connectivity index (χ2v) is 6.23. The Morgan fingerprint density at radius 3 is 1.94 bits per heavy atom. The van der Waals surface area contributed by atoms with Gasteiger partial charge in [-0.05, 0) is 30.7 Å². The first-order valence-electron chi connectivity index (χ1n) is 9.61. The van der Waals surface area contributed by atoms with E-state index in [1.54, 1.807) is 18.2 Å². The zero-order valence-corrected chi connectivity index (χ0v) is 18.2. The molecule has 178 valence electrons. The van der Waals surface area contributed by atoms with Gasteiger partial charge in [0.05, 0.1) is 32.5 Å². The highest BCUT2D eigenvalue weighted by Crippen LogP contribution is 2.32. The number of hydrogen-bond acceptors (Lipinski definition) is 10. The molecule has 0 saturated carbocycles. The van der Waals surface area contributed by atoms with E-state index in [4.69, 9.17) is 19.6 Å².